The van der Waals surface area contributed by atoms with Crippen molar-refractivity contribution in [3.8, 4) is 0 Å². The predicted molar refractivity (Wildman–Crippen MR) is 58.8 cm³/mol. The summed E-state index contributed by atoms with van der Waals surface area (Å²) >= 11 is 0. The molecule has 3 rings (SSSR count). The molecule has 0 bridgehead atoms. The van der Waals surface area contributed by atoms with E-state index in [1.807, 2.05) is 0 Å². The Kier molecular flexibility index (Phi) is 2.32. The molecule has 3 heteroatoms. The lowest BCUT2D eigenvalue weighted by Crippen LogP contribution is -2.31. The highest BCUT2D eigenvalue weighted by molar-refractivity contribution is 5.87. The van der Waals surface area contributed by atoms with E-state index in [0.717, 1.165) is 18.8 Å². The molecule has 0 amide bonds. The van der Waals surface area contributed by atoms with Gasteiger partial charge in [0.2, 0.25) is 0 Å². The molecule has 16 heavy (non-hydrogen) atoms. The summed E-state index contributed by atoms with van der Waals surface area (Å²) in [7, 11) is 0. The van der Waals surface area contributed by atoms with Crippen molar-refractivity contribution in [2.24, 2.45) is 11.8 Å². The van der Waals surface area contributed by atoms with E-state index >= 15 is 0 Å². The fourth-order valence-corrected chi connectivity index (χ4v) is 3.30. The van der Waals surface area contributed by atoms with E-state index in [4.69, 9.17) is 9.47 Å². The van der Waals surface area contributed by atoms with E-state index < -0.39 is 0 Å². The molecule has 0 spiro atoms. The minimum Gasteiger partial charge on any atom is -0.459 e. The third-order valence-corrected chi connectivity index (χ3v) is 4.20. The Morgan fingerprint density at radius 1 is 1.38 bits per heavy atom. The van der Waals surface area contributed by atoms with Crippen LogP contribution in [-0.2, 0) is 14.3 Å². The lowest BCUT2D eigenvalue weighted by atomic mass is 9.79. The molecule has 2 saturated carbocycles. The Morgan fingerprint density at radius 2 is 2.19 bits per heavy atom. The van der Waals surface area contributed by atoms with Crippen LogP contribution in [0.4, 0.5) is 0 Å². The number of carbonyl (C=O) groups excluding carboxylic acids is 1. The van der Waals surface area contributed by atoms with Crippen LogP contribution in [0.3, 0.4) is 0 Å². The van der Waals surface area contributed by atoms with Gasteiger partial charge in [-0.2, -0.15) is 0 Å². The first-order valence-electron chi connectivity index (χ1n) is 6.17. The van der Waals surface area contributed by atoms with Crippen molar-refractivity contribution < 1.29 is 14.3 Å². The molecule has 0 aromatic carbocycles. The number of ether oxygens (including phenoxy) is 2. The minimum absolute atomic E-state index is 0.0911. The molecule has 0 aromatic rings. The van der Waals surface area contributed by atoms with Gasteiger partial charge in [-0.3, -0.25) is 0 Å². The number of carbonyl (C=O) groups is 1. The normalized spacial score (nSPS) is 44.4. The standard InChI is InChI=1S/C13H18O3/c1-7(2)13(14)15-9-4-3-8-5-11-12(16-11)10(8)6-9/h8-12H,1,3-6H2,2H3. The van der Waals surface area contributed by atoms with E-state index in [2.05, 4.69) is 6.58 Å². The highest BCUT2D eigenvalue weighted by Crippen LogP contribution is 2.53. The number of epoxide rings is 1. The summed E-state index contributed by atoms with van der Waals surface area (Å²) in [6.07, 6.45) is 5.53. The maximum atomic E-state index is 11.4. The molecule has 3 fully saturated rings. The molecule has 2 aliphatic carbocycles. The third-order valence-electron chi connectivity index (χ3n) is 4.20. The van der Waals surface area contributed by atoms with Gasteiger partial charge in [0, 0.05) is 5.57 Å². The molecular formula is C13H18O3. The summed E-state index contributed by atoms with van der Waals surface area (Å²) < 4.78 is 11.0. The van der Waals surface area contributed by atoms with Crippen LogP contribution in [0.1, 0.15) is 32.6 Å². The van der Waals surface area contributed by atoms with Crippen LogP contribution in [-0.4, -0.2) is 24.3 Å². The quantitative estimate of drug-likeness (QED) is 0.408. The van der Waals surface area contributed by atoms with Crippen molar-refractivity contribution in [1.82, 2.24) is 0 Å². The average molecular weight is 222 g/mol. The average Bonchev–Trinajstić information content (AvgIpc) is 2.93. The Bertz CT molecular complexity index is 336. The zero-order chi connectivity index (χ0) is 11.3. The summed E-state index contributed by atoms with van der Waals surface area (Å²) in [5.41, 5.74) is 0.495. The lowest BCUT2D eigenvalue weighted by molar-refractivity contribution is -0.147. The molecule has 88 valence electrons. The topological polar surface area (TPSA) is 38.8 Å². The summed E-state index contributed by atoms with van der Waals surface area (Å²) in [5.74, 6) is 1.22. The van der Waals surface area contributed by atoms with Gasteiger partial charge >= 0.3 is 5.97 Å². The largest absolute Gasteiger partial charge is 0.459 e. The van der Waals surface area contributed by atoms with Crippen LogP contribution in [0, 0.1) is 11.8 Å². The molecule has 0 radical (unpaired) electrons. The maximum Gasteiger partial charge on any atom is 0.333 e. The van der Waals surface area contributed by atoms with Crippen LogP contribution in [0.5, 0.6) is 0 Å². The highest BCUT2D eigenvalue weighted by atomic mass is 16.6. The van der Waals surface area contributed by atoms with Crippen molar-refractivity contribution in [2.45, 2.75) is 50.9 Å². The minimum atomic E-state index is -0.241. The second kappa shape index (κ2) is 3.59. The van der Waals surface area contributed by atoms with Crippen molar-refractivity contribution in [3.63, 3.8) is 0 Å². The van der Waals surface area contributed by atoms with Crippen LogP contribution in [0.2, 0.25) is 0 Å². The van der Waals surface area contributed by atoms with Gasteiger partial charge in [0.1, 0.15) is 6.10 Å². The van der Waals surface area contributed by atoms with E-state index in [-0.39, 0.29) is 12.1 Å². The van der Waals surface area contributed by atoms with Gasteiger partial charge in [0.05, 0.1) is 12.2 Å². The Hall–Kier alpha value is -0.830. The lowest BCUT2D eigenvalue weighted by Gasteiger charge is -2.32. The van der Waals surface area contributed by atoms with Crippen LogP contribution >= 0.6 is 0 Å². The fourth-order valence-electron chi connectivity index (χ4n) is 3.30. The molecule has 3 aliphatic rings. The third kappa shape index (κ3) is 1.67. The highest BCUT2D eigenvalue weighted by Gasteiger charge is 2.56. The van der Waals surface area contributed by atoms with E-state index in [9.17, 15) is 4.79 Å². The molecule has 5 unspecified atom stereocenters. The zero-order valence-electron chi connectivity index (χ0n) is 9.65. The number of hydrogen-bond donors (Lipinski definition) is 0. The van der Waals surface area contributed by atoms with Crippen molar-refractivity contribution in [2.75, 3.05) is 0 Å². The van der Waals surface area contributed by atoms with E-state index in [0.29, 0.717) is 23.7 Å². The summed E-state index contributed by atoms with van der Waals surface area (Å²) in [6.45, 7) is 5.31. The molecule has 1 heterocycles. The zero-order valence-corrected chi connectivity index (χ0v) is 9.65. The SMILES string of the molecule is C=C(C)C(=O)OC1CCC2CC3OC3C2C1. The van der Waals surface area contributed by atoms with Crippen molar-refractivity contribution >= 4 is 5.97 Å². The van der Waals surface area contributed by atoms with Gasteiger partial charge < -0.3 is 9.47 Å². The van der Waals surface area contributed by atoms with Gasteiger partial charge in [-0.25, -0.2) is 4.79 Å². The number of rotatable bonds is 2. The van der Waals surface area contributed by atoms with Crippen LogP contribution < -0.4 is 0 Å². The van der Waals surface area contributed by atoms with E-state index in [1.54, 1.807) is 6.92 Å². The molecule has 3 nitrogen and oxygen atoms in total. The van der Waals surface area contributed by atoms with Crippen LogP contribution in [0.15, 0.2) is 12.2 Å². The maximum absolute atomic E-state index is 11.4. The Morgan fingerprint density at radius 3 is 2.94 bits per heavy atom. The van der Waals surface area contributed by atoms with Crippen LogP contribution in [0.25, 0.3) is 0 Å². The first-order valence-corrected chi connectivity index (χ1v) is 6.17. The first kappa shape index (κ1) is 10.3. The fraction of sp³-hybridized carbons (Fsp3) is 0.769. The summed E-state index contributed by atoms with van der Waals surface area (Å²) in [6, 6.07) is 0. The smallest absolute Gasteiger partial charge is 0.333 e. The molecule has 0 N–H and O–H groups in total. The van der Waals surface area contributed by atoms with Gasteiger partial charge in [-0.05, 0) is 44.4 Å². The Labute approximate surface area is 95.8 Å². The summed E-state index contributed by atoms with van der Waals surface area (Å²) in [4.78, 5) is 11.4. The van der Waals surface area contributed by atoms with Crippen molar-refractivity contribution in [1.29, 1.82) is 0 Å². The Balaban J connectivity index is 1.58. The van der Waals surface area contributed by atoms with Gasteiger partial charge in [0.25, 0.3) is 0 Å². The molecule has 1 aliphatic heterocycles. The summed E-state index contributed by atoms with van der Waals surface area (Å²) in [5, 5.41) is 0. The molecule has 1 saturated heterocycles. The molecule has 5 atom stereocenters. The van der Waals surface area contributed by atoms with Crippen molar-refractivity contribution in [3.05, 3.63) is 12.2 Å². The number of esters is 1. The number of hydrogen-bond acceptors (Lipinski definition) is 3. The van der Waals surface area contributed by atoms with Gasteiger partial charge in [0.15, 0.2) is 0 Å². The molecule has 0 aromatic heterocycles. The van der Waals surface area contributed by atoms with E-state index in [1.165, 1.54) is 12.8 Å². The first-order chi connectivity index (χ1) is 7.65. The second-order valence-electron chi connectivity index (χ2n) is 5.42. The molecular weight excluding hydrogens is 204 g/mol. The van der Waals surface area contributed by atoms with Gasteiger partial charge in [-0.1, -0.05) is 6.58 Å². The second-order valence-corrected chi connectivity index (χ2v) is 5.42. The predicted octanol–water partition coefficient (Wildman–Crippen LogP) is 2.06. The number of fused-ring (bicyclic) bond motifs is 3. The van der Waals surface area contributed by atoms with Gasteiger partial charge in [-0.15, -0.1) is 0 Å². The monoisotopic (exact) mass is 222 g/mol.